The number of halogens is 4. The van der Waals surface area contributed by atoms with Crippen molar-refractivity contribution in [3.63, 3.8) is 0 Å². The lowest BCUT2D eigenvalue weighted by Gasteiger charge is -2.15. The number of rotatable bonds is 3. The second-order valence-electron chi connectivity index (χ2n) is 5.08. The molecular formula is C13H16F4N2. The van der Waals surface area contributed by atoms with Gasteiger partial charge in [-0.2, -0.15) is 17.6 Å². The summed E-state index contributed by atoms with van der Waals surface area (Å²) in [5, 5.41) is 0. The average molecular weight is 276 g/mol. The van der Waals surface area contributed by atoms with Crippen LogP contribution in [0.2, 0.25) is 0 Å². The van der Waals surface area contributed by atoms with Crippen molar-refractivity contribution in [2.45, 2.75) is 31.4 Å². The van der Waals surface area contributed by atoms with E-state index in [1.165, 1.54) is 0 Å². The largest absolute Gasteiger partial charge is 0.324 e. The van der Waals surface area contributed by atoms with Gasteiger partial charge < -0.3 is 5.73 Å². The highest BCUT2D eigenvalue weighted by molar-refractivity contribution is 5.24. The van der Waals surface area contributed by atoms with Crippen LogP contribution >= 0.6 is 0 Å². The molecule has 0 amide bonds. The molecule has 0 spiro atoms. The van der Waals surface area contributed by atoms with Gasteiger partial charge in [0.25, 0.3) is 0 Å². The highest BCUT2D eigenvalue weighted by Gasteiger charge is 2.62. The lowest BCUT2D eigenvalue weighted by Crippen LogP contribution is -2.38. The number of hydrogen-bond donors (Lipinski definition) is 1. The van der Waals surface area contributed by atoms with Crippen molar-refractivity contribution in [3.05, 3.63) is 35.4 Å². The van der Waals surface area contributed by atoms with Gasteiger partial charge in [-0.1, -0.05) is 24.3 Å². The zero-order valence-corrected chi connectivity index (χ0v) is 10.5. The Morgan fingerprint density at radius 3 is 2.00 bits per heavy atom. The fourth-order valence-electron chi connectivity index (χ4n) is 2.15. The van der Waals surface area contributed by atoms with E-state index >= 15 is 0 Å². The zero-order valence-electron chi connectivity index (χ0n) is 10.5. The molecule has 106 valence electrons. The van der Waals surface area contributed by atoms with Crippen LogP contribution in [-0.2, 0) is 6.54 Å². The molecule has 19 heavy (non-hydrogen) atoms. The fourth-order valence-corrected chi connectivity index (χ4v) is 2.15. The van der Waals surface area contributed by atoms with Crippen molar-refractivity contribution < 1.29 is 17.6 Å². The van der Waals surface area contributed by atoms with Crippen LogP contribution in [0.3, 0.4) is 0 Å². The minimum Gasteiger partial charge on any atom is -0.324 e. The van der Waals surface area contributed by atoms with E-state index in [0.29, 0.717) is 0 Å². The number of hydrogen-bond acceptors (Lipinski definition) is 2. The average Bonchev–Trinajstić information content (AvgIpc) is 2.47. The fraction of sp³-hybridized carbons (Fsp3) is 0.538. The first-order chi connectivity index (χ1) is 8.71. The van der Waals surface area contributed by atoms with Crippen LogP contribution in [0.15, 0.2) is 24.3 Å². The first kappa shape index (κ1) is 14.3. The van der Waals surface area contributed by atoms with E-state index in [1.807, 2.05) is 6.92 Å². The maximum absolute atomic E-state index is 13.0. The third-order valence-corrected chi connectivity index (χ3v) is 3.29. The van der Waals surface area contributed by atoms with E-state index in [9.17, 15) is 17.6 Å². The Morgan fingerprint density at radius 2 is 1.58 bits per heavy atom. The quantitative estimate of drug-likeness (QED) is 0.860. The Morgan fingerprint density at radius 1 is 1.11 bits per heavy atom. The van der Waals surface area contributed by atoms with Crippen LogP contribution < -0.4 is 5.73 Å². The highest BCUT2D eigenvalue weighted by Crippen LogP contribution is 2.41. The van der Waals surface area contributed by atoms with Crippen molar-refractivity contribution in [3.8, 4) is 0 Å². The van der Waals surface area contributed by atoms with Crippen LogP contribution in [0.4, 0.5) is 17.6 Å². The molecule has 2 N–H and O–H groups in total. The molecule has 1 aromatic rings. The van der Waals surface area contributed by atoms with Crippen molar-refractivity contribution in [2.75, 3.05) is 13.1 Å². The number of likely N-dealkylation sites (tertiary alicyclic amines) is 1. The van der Waals surface area contributed by atoms with Gasteiger partial charge in [0.1, 0.15) is 0 Å². The zero-order chi connectivity index (χ0) is 14.3. The third kappa shape index (κ3) is 2.90. The van der Waals surface area contributed by atoms with Gasteiger partial charge in [0, 0.05) is 12.6 Å². The monoisotopic (exact) mass is 276 g/mol. The number of nitrogens with two attached hydrogens (primary N) is 1. The lowest BCUT2D eigenvalue weighted by atomic mass is 10.1. The minimum atomic E-state index is -3.95. The molecule has 0 unspecified atom stereocenters. The molecule has 2 rings (SSSR count). The smallest absolute Gasteiger partial charge is 0.323 e. The van der Waals surface area contributed by atoms with Crippen molar-refractivity contribution in [2.24, 2.45) is 5.73 Å². The molecule has 1 fully saturated rings. The Hall–Kier alpha value is -1.14. The van der Waals surface area contributed by atoms with Gasteiger partial charge in [0.15, 0.2) is 0 Å². The Bertz CT molecular complexity index is 426. The second-order valence-corrected chi connectivity index (χ2v) is 5.08. The van der Waals surface area contributed by atoms with Crippen LogP contribution in [0.1, 0.15) is 24.1 Å². The molecule has 1 aromatic carbocycles. The molecule has 0 bridgehead atoms. The van der Waals surface area contributed by atoms with Crippen molar-refractivity contribution >= 4 is 0 Å². The molecule has 1 aliphatic rings. The van der Waals surface area contributed by atoms with E-state index in [2.05, 4.69) is 0 Å². The maximum atomic E-state index is 13.0. The molecule has 1 aliphatic heterocycles. The minimum absolute atomic E-state index is 0.0877. The molecule has 2 nitrogen and oxygen atoms in total. The standard InChI is InChI=1S/C13H16F4N2/c1-9(18)11-4-2-10(3-5-11)6-19-7-12(14,15)13(16,17)8-19/h2-5,9H,6-8,18H2,1H3/t9-/m0/s1. The van der Waals surface area contributed by atoms with Gasteiger partial charge >= 0.3 is 11.8 Å². The number of alkyl halides is 4. The summed E-state index contributed by atoms with van der Waals surface area (Å²) in [4.78, 5) is 1.07. The van der Waals surface area contributed by atoms with Gasteiger partial charge in [-0.15, -0.1) is 0 Å². The molecule has 0 aliphatic carbocycles. The van der Waals surface area contributed by atoms with Crippen LogP contribution in [0, 0.1) is 0 Å². The van der Waals surface area contributed by atoms with Crippen LogP contribution in [-0.4, -0.2) is 29.8 Å². The predicted octanol–water partition coefficient (Wildman–Crippen LogP) is 2.79. The lowest BCUT2D eigenvalue weighted by molar-refractivity contribution is -0.172. The van der Waals surface area contributed by atoms with Gasteiger partial charge in [0.05, 0.1) is 13.1 Å². The topological polar surface area (TPSA) is 29.3 Å². The van der Waals surface area contributed by atoms with E-state index in [0.717, 1.165) is 16.0 Å². The molecule has 1 saturated heterocycles. The molecule has 1 atom stereocenters. The summed E-state index contributed by atoms with van der Waals surface area (Å²) in [5.41, 5.74) is 7.33. The Kier molecular flexibility index (Phi) is 3.57. The molecule has 6 heteroatoms. The van der Waals surface area contributed by atoms with E-state index in [4.69, 9.17) is 5.73 Å². The molecule has 0 saturated carbocycles. The molecular weight excluding hydrogens is 260 g/mol. The predicted molar refractivity (Wildman–Crippen MR) is 64.2 cm³/mol. The van der Waals surface area contributed by atoms with E-state index < -0.39 is 24.9 Å². The first-order valence-corrected chi connectivity index (χ1v) is 6.04. The Labute approximate surface area is 109 Å². The van der Waals surface area contributed by atoms with Crippen LogP contribution in [0.25, 0.3) is 0 Å². The van der Waals surface area contributed by atoms with Crippen molar-refractivity contribution in [1.29, 1.82) is 0 Å². The van der Waals surface area contributed by atoms with Gasteiger partial charge in [-0.25, -0.2) is 0 Å². The summed E-state index contributed by atoms with van der Waals surface area (Å²) >= 11 is 0. The Balaban J connectivity index is 2.03. The normalized spacial score (nSPS) is 23.5. The molecule has 1 heterocycles. The summed E-state index contributed by atoms with van der Waals surface area (Å²) in [6.07, 6.45) is 0. The third-order valence-electron chi connectivity index (χ3n) is 3.29. The molecule has 0 radical (unpaired) electrons. The van der Waals surface area contributed by atoms with Crippen LogP contribution in [0.5, 0.6) is 0 Å². The van der Waals surface area contributed by atoms with Gasteiger partial charge in [-0.05, 0) is 18.1 Å². The summed E-state index contributed by atoms with van der Waals surface area (Å²) in [5.74, 6) is -7.89. The van der Waals surface area contributed by atoms with Gasteiger partial charge in [0.2, 0.25) is 0 Å². The molecule has 0 aromatic heterocycles. The van der Waals surface area contributed by atoms with Gasteiger partial charge in [-0.3, -0.25) is 4.90 Å². The second kappa shape index (κ2) is 4.76. The van der Waals surface area contributed by atoms with E-state index in [-0.39, 0.29) is 12.6 Å². The summed E-state index contributed by atoms with van der Waals surface area (Å²) in [6.45, 7) is 0.102. The van der Waals surface area contributed by atoms with Crippen molar-refractivity contribution in [1.82, 2.24) is 4.90 Å². The first-order valence-electron chi connectivity index (χ1n) is 6.04. The number of nitrogens with zero attached hydrogens (tertiary/aromatic N) is 1. The SMILES string of the molecule is C[C@H](N)c1ccc(CN2CC(F)(F)C(F)(F)C2)cc1. The van der Waals surface area contributed by atoms with E-state index in [1.54, 1.807) is 24.3 Å². The number of benzene rings is 1. The summed E-state index contributed by atoms with van der Waals surface area (Å²) < 4.78 is 52.1. The summed E-state index contributed by atoms with van der Waals surface area (Å²) in [7, 11) is 0. The maximum Gasteiger partial charge on any atom is 0.323 e. The summed E-state index contributed by atoms with van der Waals surface area (Å²) in [6, 6.07) is 6.91. The highest BCUT2D eigenvalue weighted by atomic mass is 19.3.